The van der Waals surface area contributed by atoms with Crippen molar-refractivity contribution in [2.45, 2.75) is 57.5 Å². The van der Waals surface area contributed by atoms with Crippen LogP contribution in [-0.4, -0.2) is 30.0 Å². The molecule has 3 heteroatoms. The van der Waals surface area contributed by atoms with Crippen molar-refractivity contribution in [1.29, 1.82) is 0 Å². The highest BCUT2D eigenvalue weighted by Crippen LogP contribution is 2.36. The van der Waals surface area contributed by atoms with Gasteiger partial charge >= 0.3 is 0 Å². The second kappa shape index (κ2) is 6.08. The fraction of sp³-hybridized carbons (Fsp3) is 0.611. The molecule has 0 aliphatic heterocycles. The molecule has 1 amide bonds. The lowest BCUT2D eigenvalue weighted by Gasteiger charge is -2.36. The number of methoxy groups -OCH3 is 1. The number of ether oxygens (including phenoxy) is 1. The van der Waals surface area contributed by atoms with Crippen LogP contribution in [0.1, 0.15) is 55.8 Å². The minimum absolute atomic E-state index is 0.191. The maximum atomic E-state index is 12.9. The van der Waals surface area contributed by atoms with Gasteiger partial charge in [-0.25, -0.2) is 0 Å². The van der Waals surface area contributed by atoms with Gasteiger partial charge in [-0.15, -0.1) is 0 Å². The largest absolute Gasteiger partial charge is 0.497 e. The second-order valence-electron chi connectivity index (χ2n) is 6.59. The molecule has 0 bridgehead atoms. The van der Waals surface area contributed by atoms with Crippen molar-refractivity contribution >= 4 is 5.91 Å². The molecule has 3 rings (SSSR count). The van der Waals surface area contributed by atoms with Gasteiger partial charge in [-0.2, -0.15) is 0 Å². The number of amides is 1. The third-order valence-corrected chi connectivity index (χ3v) is 4.87. The van der Waals surface area contributed by atoms with Gasteiger partial charge < -0.3 is 9.64 Å². The summed E-state index contributed by atoms with van der Waals surface area (Å²) in [6.45, 7) is 2.32. The first kappa shape index (κ1) is 14.4. The van der Waals surface area contributed by atoms with Crippen LogP contribution in [0.5, 0.6) is 5.75 Å². The van der Waals surface area contributed by atoms with E-state index in [1.54, 1.807) is 7.11 Å². The van der Waals surface area contributed by atoms with E-state index in [2.05, 4.69) is 11.8 Å². The molecule has 2 saturated carbocycles. The van der Waals surface area contributed by atoms with E-state index in [1.807, 2.05) is 24.3 Å². The lowest BCUT2D eigenvalue weighted by molar-refractivity contribution is 0.0592. The van der Waals surface area contributed by atoms with Crippen LogP contribution in [0.3, 0.4) is 0 Å². The van der Waals surface area contributed by atoms with E-state index in [1.165, 1.54) is 25.7 Å². The van der Waals surface area contributed by atoms with Gasteiger partial charge in [-0.05, 0) is 62.6 Å². The van der Waals surface area contributed by atoms with Crippen LogP contribution in [-0.2, 0) is 0 Å². The first-order valence-electron chi connectivity index (χ1n) is 8.15. The Morgan fingerprint density at radius 1 is 1.10 bits per heavy atom. The van der Waals surface area contributed by atoms with Gasteiger partial charge in [0.2, 0.25) is 0 Å². The van der Waals surface area contributed by atoms with E-state index in [4.69, 9.17) is 4.74 Å². The van der Waals surface area contributed by atoms with Crippen LogP contribution in [0.15, 0.2) is 24.3 Å². The predicted molar refractivity (Wildman–Crippen MR) is 83.6 cm³/mol. The molecule has 1 aromatic carbocycles. The monoisotopic (exact) mass is 287 g/mol. The van der Waals surface area contributed by atoms with Crippen molar-refractivity contribution in [3.05, 3.63) is 29.8 Å². The lowest BCUT2D eigenvalue weighted by atomic mass is 9.86. The molecular weight excluding hydrogens is 262 g/mol. The first-order valence-corrected chi connectivity index (χ1v) is 8.15. The standard InChI is InChI=1S/C18H25NO2/c1-13-6-8-15(9-7-13)19(16-10-11-16)18(20)14-4-3-5-17(12-14)21-2/h3-5,12-13,15-16H,6-11H2,1-2H3. The van der Waals surface area contributed by atoms with E-state index < -0.39 is 0 Å². The highest BCUT2D eigenvalue weighted by atomic mass is 16.5. The normalized spacial score (nSPS) is 25.4. The third-order valence-electron chi connectivity index (χ3n) is 4.87. The molecule has 0 saturated heterocycles. The summed E-state index contributed by atoms with van der Waals surface area (Å²) in [4.78, 5) is 15.1. The van der Waals surface area contributed by atoms with Crippen molar-refractivity contribution in [3.8, 4) is 5.75 Å². The summed E-state index contributed by atoms with van der Waals surface area (Å²) in [7, 11) is 1.64. The average Bonchev–Trinajstić information content (AvgIpc) is 3.34. The van der Waals surface area contributed by atoms with Gasteiger partial charge in [0.15, 0.2) is 0 Å². The summed E-state index contributed by atoms with van der Waals surface area (Å²) in [5.41, 5.74) is 0.764. The summed E-state index contributed by atoms with van der Waals surface area (Å²) < 4.78 is 5.25. The van der Waals surface area contributed by atoms with E-state index in [-0.39, 0.29) is 5.91 Å². The molecular formula is C18H25NO2. The minimum atomic E-state index is 0.191. The van der Waals surface area contributed by atoms with Gasteiger partial charge in [0.05, 0.1) is 7.11 Å². The van der Waals surface area contributed by atoms with Gasteiger partial charge in [0.25, 0.3) is 5.91 Å². The van der Waals surface area contributed by atoms with Crippen LogP contribution in [0.25, 0.3) is 0 Å². The Labute approximate surface area is 127 Å². The zero-order chi connectivity index (χ0) is 14.8. The number of hydrogen-bond acceptors (Lipinski definition) is 2. The maximum absolute atomic E-state index is 12.9. The van der Waals surface area contributed by atoms with E-state index in [0.29, 0.717) is 12.1 Å². The molecule has 2 aliphatic carbocycles. The number of carbonyl (C=O) groups excluding carboxylic acids is 1. The smallest absolute Gasteiger partial charge is 0.254 e. The van der Waals surface area contributed by atoms with Crippen LogP contribution >= 0.6 is 0 Å². The topological polar surface area (TPSA) is 29.5 Å². The van der Waals surface area contributed by atoms with Gasteiger partial charge in [0.1, 0.15) is 5.75 Å². The summed E-state index contributed by atoms with van der Waals surface area (Å²) in [5, 5.41) is 0. The zero-order valence-corrected chi connectivity index (χ0v) is 13.0. The van der Waals surface area contributed by atoms with Crippen molar-refractivity contribution < 1.29 is 9.53 Å². The highest BCUT2D eigenvalue weighted by Gasteiger charge is 2.38. The van der Waals surface area contributed by atoms with Gasteiger partial charge in [0, 0.05) is 17.6 Å². The third kappa shape index (κ3) is 3.22. The molecule has 0 N–H and O–H groups in total. The van der Waals surface area contributed by atoms with Crippen LogP contribution in [0.2, 0.25) is 0 Å². The summed E-state index contributed by atoms with van der Waals surface area (Å²) in [5.74, 6) is 1.76. The Bertz CT molecular complexity index is 502. The molecule has 0 atom stereocenters. The number of nitrogens with zero attached hydrogens (tertiary/aromatic N) is 1. The summed E-state index contributed by atoms with van der Waals surface area (Å²) in [6.07, 6.45) is 7.16. The molecule has 3 nitrogen and oxygen atoms in total. The lowest BCUT2D eigenvalue weighted by Crippen LogP contribution is -2.43. The Morgan fingerprint density at radius 3 is 2.29 bits per heavy atom. The number of benzene rings is 1. The fourth-order valence-corrected chi connectivity index (χ4v) is 3.41. The Morgan fingerprint density at radius 2 is 1.71 bits per heavy atom. The minimum Gasteiger partial charge on any atom is -0.497 e. The maximum Gasteiger partial charge on any atom is 0.254 e. The summed E-state index contributed by atoms with van der Waals surface area (Å²) in [6, 6.07) is 8.48. The van der Waals surface area contributed by atoms with E-state index >= 15 is 0 Å². The molecule has 2 aliphatic rings. The Hall–Kier alpha value is -1.51. The quantitative estimate of drug-likeness (QED) is 0.841. The van der Waals surface area contributed by atoms with E-state index in [0.717, 1.165) is 30.1 Å². The van der Waals surface area contributed by atoms with Crippen molar-refractivity contribution in [2.24, 2.45) is 5.92 Å². The molecule has 0 heterocycles. The van der Waals surface area contributed by atoms with Gasteiger partial charge in [-0.3, -0.25) is 4.79 Å². The molecule has 0 spiro atoms. The van der Waals surface area contributed by atoms with Crippen LogP contribution in [0, 0.1) is 5.92 Å². The molecule has 21 heavy (non-hydrogen) atoms. The van der Waals surface area contributed by atoms with Crippen molar-refractivity contribution in [1.82, 2.24) is 4.90 Å². The van der Waals surface area contributed by atoms with E-state index in [9.17, 15) is 4.79 Å². The molecule has 2 fully saturated rings. The van der Waals surface area contributed by atoms with Crippen LogP contribution < -0.4 is 4.74 Å². The van der Waals surface area contributed by atoms with Crippen molar-refractivity contribution in [2.75, 3.05) is 7.11 Å². The number of carbonyl (C=O) groups is 1. The summed E-state index contributed by atoms with van der Waals surface area (Å²) >= 11 is 0. The van der Waals surface area contributed by atoms with Crippen molar-refractivity contribution in [3.63, 3.8) is 0 Å². The highest BCUT2D eigenvalue weighted by molar-refractivity contribution is 5.95. The molecule has 1 aromatic rings. The molecule has 0 unspecified atom stereocenters. The van der Waals surface area contributed by atoms with Crippen LogP contribution in [0.4, 0.5) is 0 Å². The average molecular weight is 287 g/mol. The fourth-order valence-electron chi connectivity index (χ4n) is 3.41. The van der Waals surface area contributed by atoms with Gasteiger partial charge in [-0.1, -0.05) is 13.0 Å². The first-order chi connectivity index (χ1) is 10.2. The zero-order valence-electron chi connectivity index (χ0n) is 13.0. The Balaban J connectivity index is 1.78. The Kier molecular flexibility index (Phi) is 4.18. The number of rotatable bonds is 4. The number of hydrogen-bond donors (Lipinski definition) is 0. The molecule has 114 valence electrons. The SMILES string of the molecule is COc1cccc(C(=O)N(C2CCC(C)CC2)C2CC2)c1. The molecule has 0 radical (unpaired) electrons. The predicted octanol–water partition coefficient (Wildman–Crippen LogP) is 3.88. The second-order valence-corrected chi connectivity index (χ2v) is 6.59. The molecule has 0 aromatic heterocycles.